The molecule has 0 atom stereocenters. The molecular formula is C16H24N2O3. The fraction of sp³-hybridized carbons (Fsp3) is 0.500. The Balaban J connectivity index is 2.72. The van der Waals surface area contributed by atoms with Crippen molar-refractivity contribution in [1.82, 2.24) is 4.90 Å². The van der Waals surface area contributed by atoms with Crippen molar-refractivity contribution in [2.45, 2.75) is 40.2 Å². The van der Waals surface area contributed by atoms with Crippen molar-refractivity contribution < 1.29 is 14.3 Å². The first kappa shape index (κ1) is 17.0. The third-order valence-electron chi connectivity index (χ3n) is 2.80. The Kier molecular flexibility index (Phi) is 6.72. The highest BCUT2D eigenvalue weighted by Crippen LogP contribution is 2.24. The van der Waals surface area contributed by atoms with Gasteiger partial charge < -0.3 is 15.0 Å². The highest BCUT2D eigenvalue weighted by molar-refractivity contribution is 5.95. The van der Waals surface area contributed by atoms with Gasteiger partial charge in [-0.05, 0) is 32.4 Å². The zero-order valence-electron chi connectivity index (χ0n) is 13.2. The molecule has 0 saturated carbocycles. The topological polar surface area (TPSA) is 58.6 Å². The summed E-state index contributed by atoms with van der Waals surface area (Å²) >= 11 is 0. The third-order valence-corrected chi connectivity index (χ3v) is 2.80. The standard InChI is InChI=1S/C16H24N2O3/c1-5-10-18(13(4)19)11-16(20)17-14-8-6-7-9-15(14)21-12(2)3/h6-9,12H,5,10-11H2,1-4H3,(H,17,20). The van der Waals surface area contributed by atoms with E-state index in [0.29, 0.717) is 18.0 Å². The van der Waals surface area contributed by atoms with E-state index in [2.05, 4.69) is 5.32 Å². The molecule has 0 aromatic heterocycles. The Labute approximate surface area is 126 Å². The lowest BCUT2D eigenvalue weighted by atomic mass is 10.2. The van der Waals surface area contributed by atoms with E-state index in [-0.39, 0.29) is 24.5 Å². The summed E-state index contributed by atoms with van der Waals surface area (Å²) in [5, 5.41) is 2.80. The van der Waals surface area contributed by atoms with Crippen LogP contribution >= 0.6 is 0 Å². The number of carbonyl (C=O) groups is 2. The lowest BCUT2D eigenvalue weighted by Crippen LogP contribution is -2.37. The van der Waals surface area contributed by atoms with Crippen molar-refractivity contribution in [2.75, 3.05) is 18.4 Å². The zero-order valence-corrected chi connectivity index (χ0v) is 13.2. The predicted octanol–water partition coefficient (Wildman–Crippen LogP) is 2.67. The van der Waals surface area contributed by atoms with Gasteiger partial charge in [-0.15, -0.1) is 0 Å². The molecule has 1 N–H and O–H groups in total. The average molecular weight is 292 g/mol. The van der Waals surface area contributed by atoms with Crippen LogP contribution in [0.15, 0.2) is 24.3 Å². The largest absolute Gasteiger partial charge is 0.489 e. The van der Waals surface area contributed by atoms with Crippen LogP contribution in [-0.4, -0.2) is 35.9 Å². The van der Waals surface area contributed by atoms with Crippen molar-refractivity contribution in [3.05, 3.63) is 24.3 Å². The Morgan fingerprint density at radius 2 is 1.95 bits per heavy atom. The summed E-state index contributed by atoms with van der Waals surface area (Å²) in [4.78, 5) is 25.1. The summed E-state index contributed by atoms with van der Waals surface area (Å²) in [6, 6.07) is 7.28. The first-order valence-electron chi connectivity index (χ1n) is 7.25. The van der Waals surface area contributed by atoms with Gasteiger partial charge >= 0.3 is 0 Å². The molecule has 1 aromatic carbocycles. The van der Waals surface area contributed by atoms with E-state index in [0.717, 1.165) is 6.42 Å². The van der Waals surface area contributed by atoms with Crippen molar-refractivity contribution in [3.8, 4) is 5.75 Å². The predicted molar refractivity (Wildman–Crippen MR) is 83.4 cm³/mol. The number of rotatable bonds is 7. The molecule has 0 unspecified atom stereocenters. The molecule has 2 amide bonds. The van der Waals surface area contributed by atoms with Crippen molar-refractivity contribution >= 4 is 17.5 Å². The van der Waals surface area contributed by atoms with Gasteiger partial charge in [0.25, 0.3) is 0 Å². The van der Waals surface area contributed by atoms with Gasteiger partial charge in [-0.25, -0.2) is 0 Å². The first-order valence-corrected chi connectivity index (χ1v) is 7.25. The molecule has 5 heteroatoms. The van der Waals surface area contributed by atoms with Crippen LogP contribution < -0.4 is 10.1 Å². The second-order valence-electron chi connectivity index (χ2n) is 5.15. The molecule has 0 aliphatic carbocycles. The Morgan fingerprint density at radius 3 is 2.52 bits per heavy atom. The summed E-state index contributed by atoms with van der Waals surface area (Å²) in [6.45, 7) is 7.93. The number of ether oxygens (including phenoxy) is 1. The van der Waals surface area contributed by atoms with Gasteiger partial charge in [-0.3, -0.25) is 9.59 Å². The monoisotopic (exact) mass is 292 g/mol. The smallest absolute Gasteiger partial charge is 0.244 e. The maximum absolute atomic E-state index is 12.1. The number of hydrogen-bond donors (Lipinski definition) is 1. The lowest BCUT2D eigenvalue weighted by molar-refractivity contribution is -0.132. The van der Waals surface area contributed by atoms with Gasteiger partial charge in [-0.1, -0.05) is 19.1 Å². The lowest BCUT2D eigenvalue weighted by Gasteiger charge is -2.20. The summed E-state index contributed by atoms with van der Waals surface area (Å²) in [5.74, 6) is 0.308. The number of hydrogen-bond acceptors (Lipinski definition) is 3. The maximum atomic E-state index is 12.1. The molecule has 0 saturated heterocycles. The van der Waals surface area contributed by atoms with Crippen LogP contribution in [0.1, 0.15) is 34.1 Å². The molecule has 1 rings (SSSR count). The van der Waals surface area contributed by atoms with Gasteiger partial charge in [-0.2, -0.15) is 0 Å². The van der Waals surface area contributed by atoms with Crippen LogP contribution in [0.25, 0.3) is 0 Å². The molecule has 1 aromatic rings. The van der Waals surface area contributed by atoms with Crippen LogP contribution in [0, 0.1) is 0 Å². The summed E-state index contributed by atoms with van der Waals surface area (Å²) in [5.41, 5.74) is 0.621. The van der Waals surface area contributed by atoms with Crippen LogP contribution in [-0.2, 0) is 9.59 Å². The minimum Gasteiger partial charge on any atom is -0.489 e. The fourth-order valence-corrected chi connectivity index (χ4v) is 1.91. The second kappa shape index (κ2) is 8.29. The van der Waals surface area contributed by atoms with Crippen LogP contribution in [0.5, 0.6) is 5.75 Å². The van der Waals surface area contributed by atoms with Crippen molar-refractivity contribution in [2.24, 2.45) is 0 Å². The molecule has 5 nitrogen and oxygen atoms in total. The summed E-state index contributed by atoms with van der Waals surface area (Å²) in [7, 11) is 0. The number of benzene rings is 1. The summed E-state index contributed by atoms with van der Waals surface area (Å²) in [6.07, 6.45) is 0.844. The van der Waals surface area contributed by atoms with Crippen LogP contribution in [0.3, 0.4) is 0 Å². The molecule has 116 valence electrons. The van der Waals surface area contributed by atoms with E-state index in [4.69, 9.17) is 4.74 Å². The number of carbonyl (C=O) groups excluding carboxylic acids is 2. The van der Waals surface area contributed by atoms with Gasteiger partial charge in [0.1, 0.15) is 5.75 Å². The van der Waals surface area contributed by atoms with Gasteiger partial charge in [0.05, 0.1) is 18.3 Å². The molecule has 0 heterocycles. The van der Waals surface area contributed by atoms with E-state index < -0.39 is 0 Å². The molecule has 21 heavy (non-hydrogen) atoms. The third kappa shape index (κ3) is 5.85. The Bertz CT molecular complexity index is 486. The number of para-hydroxylation sites is 2. The Morgan fingerprint density at radius 1 is 1.29 bits per heavy atom. The van der Waals surface area contributed by atoms with Gasteiger partial charge in [0.2, 0.25) is 11.8 Å². The van der Waals surface area contributed by atoms with Crippen molar-refractivity contribution in [1.29, 1.82) is 0 Å². The molecular weight excluding hydrogens is 268 g/mol. The minimum absolute atomic E-state index is 0.0249. The van der Waals surface area contributed by atoms with Crippen LogP contribution in [0.2, 0.25) is 0 Å². The highest BCUT2D eigenvalue weighted by Gasteiger charge is 2.14. The minimum atomic E-state index is -0.224. The number of nitrogens with zero attached hydrogens (tertiary/aromatic N) is 1. The van der Waals surface area contributed by atoms with E-state index in [1.165, 1.54) is 11.8 Å². The van der Waals surface area contributed by atoms with E-state index in [1.807, 2.05) is 39.0 Å². The maximum Gasteiger partial charge on any atom is 0.244 e. The molecule has 0 fully saturated rings. The average Bonchev–Trinajstić information content (AvgIpc) is 2.39. The number of anilines is 1. The molecule has 0 radical (unpaired) electrons. The molecule has 0 spiro atoms. The van der Waals surface area contributed by atoms with Crippen molar-refractivity contribution in [3.63, 3.8) is 0 Å². The van der Waals surface area contributed by atoms with E-state index in [1.54, 1.807) is 6.07 Å². The number of nitrogens with one attached hydrogen (secondary N) is 1. The molecule has 0 bridgehead atoms. The van der Waals surface area contributed by atoms with Crippen LogP contribution in [0.4, 0.5) is 5.69 Å². The first-order chi connectivity index (χ1) is 9.93. The Hall–Kier alpha value is -2.04. The quantitative estimate of drug-likeness (QED) is 0.840. The highest BCUT2D eigenvalue weighted by atomic mass is 16.5. The zero-order chi connectivity index (χ0) is 15.8. The van der Waals surface area contributed by atoms with Gasteiger partial charge in [0.15, 0.2) is 0 Å². The second-order valence-corrected chi connectivity index (χ2v) is 5.15. The van der Waals surface area contributed by atoms with E-state index >= 15 is 0 Å². The fourth-order valence-electron chi connectivity index (χ4n) is 1.91. The normalized spacial score (nSPS) is 10.3. The SMILES string of the molecule is CCCN(CC(=O)Nc1ccccc1OC(C)C)C(C)=O. The number of amides is 2. The van der Waals surface area contributed by atoms with Gasteiger partial charge in [0, 0.05) is 13.5 Å². The summed E-state index contributed by atoms with van der Waals surface area (Å²) < 4.78 is 5.65. The molecule has 0 aliphatic rings. The van der Waals surface area contributed by atoms with E-state index in [9.17, 15) is 9.59 Å². The molecule has 0 aliphatic heterocycles.